The predicted molar refractivity (Wildman–Crippen MR) is 107 cm³/mol. The molecule has 1 heterocycles. The molecule has 3 aromatic rings. The number of rotatable bonds is 6. The van der Waals surface area contributed by atoms with Gasteiger partial charge in [0.1, 0.15) is 0 Å². The van der Waals surface area contributed by atoms with Gasteiger partial charge in [0.2, 0.25) is 5.91 Å². The first kappa shape index (κ1) is 19.5. The number of nitrogens with zero attached hydrogens (tertiary/aromatic N) is 1. The van der Waals surface area contributed by atoms with Crippen LogP contribution in [0.15, 0.2) is 52.7 Å². The number of benzene rings is 2. The molecular weight excluding hydrogens is 386 g/mol. The molecule has 27 heavy (non-hydrogen) atoms. The van der Waals surface area contributed by atoms with Gasteiger partial charge in [-0.25, -0.2) is 13.8 Å². The van der Waals surface area contributed by atoms with Gasteiger partial charge in [0, 0.05) is 15.8 Å². The number of carbonyl (C=O) groups excluding carboxylic acids is 1. The largest absolute Gasteiger partial charge is 0.301 e. The van der Waals surface area contributed by atoms with Crippen LogP contribution in [0.2, 0.25) is 0 Å². The zero-order valence-electron chi connectivity index (χ0n) is 14.8. The van der Waals surface area contributed by atoms with E-state index < -0.39 is 16.9 Å². The van der Waals surface area contributed by atoms with Crippen LogP contribution in [-0.4, -0.2) is 16.1 Å². The molecule has 0 aliphatic heterocycles. The van der Waals surface area contributed by atoms with Crippen molar-refractivity contribution >= 4 is 34.1 Å². The van der Waals surface area contributed by atoms with Crippen molar-refractivity contribution in [1.29, 1.82) is 0 Å². The number of amides is 1. The average Bonchev–Trinajstić information content (AvgIpc) is 3.13. The Hall–Kier alpha value is -2.25. The van der Waals surface area contributed by atoms with Crippen LogP contribution in [0.3, 0.4) is 0 Å². The molecule has 7 heteroatoms. The smallest absolute Gasteiger partial charge is 0.239 e. The van der Waals surface area contributed by atoms with E-state index in [1.807, 2.05) is 17.5 Å². The van der Waals surface area contributed by atoms with Crippen LogP contribution in [0.25, 0.3) is 11.3 Å². The molecule has 0 saturated carbocycles. The Morgan fingerprint density at radius 2 is 1.93 bits per heavy atom. The van der Waals surface area contributed by atoms with Crippen LogP contribution in [0.4, 0.5) is 13.9 Å². The minimum Gasteiger partial charge on any atom is -0.301 e. The van der Waals surface area contributed by atoms with Gasteiger partial charge in [-0.05, 0) is 37.1 Å². The number of aryl methyl sites for hydroxylation is 1. The number of carbonyl (C=O) groups is 1. The summed E-state index contributed by atoms with van der Waals surface area (Å²) in [5.74, 6) is -2.07. The Morgan fingerprint density at radius 1 is 1.19 bits per heavy atom. The highest BCUT2D eigenvalue weighted by molar-refractivity contribution is 8.00. The second-order valence-corrected chi connectivity index (χ2v) is 8.19. The van der Waals surface area contributed by atoms with Gasteiger partial charge in [0.15, 0.2) is 16.8 Å². The molecule has 1 atom stereocenters. The Morgan fingerprint density at radius 3 is 2.59 bits per heavy atom. The fourth-order valence-electron chi connectivity index (χ4n) is 2.39. The van der Waals surface area contributed by atoms with E-state index in [0.29, 0.717) is 10.0 Å². The molecule has 1 aromatic heterocycles. The molecule has 3 nitrogen and oxygen atoms in total. The van der Waals surface area contributed by atoms with Crippen molar-refractivity contribution in [2.24, 2.45) is 0 Å². The molecule has 0 aliphatic carbocycles. The third kappa shape index (κ3) is 4.93. The summed E-state index contributed by atoms with van der Waals surface area (Å²) in [5, 5.41) is 4.70. The second-order valence-electron chi connectivity index (χ2n) is 5.91. The number of halogens is 2. The summed E-state index contributed by atoms with van der Waals surface area (Å²) in [6, 6.07) is 11.8. The maximum atomic E-state index is 13.3. The predicted octanol–water partition coefficient (Wildman–Crippen LogP) is 5.77. The first-order valence-corrected chi connectivity index (χ1v) is 10.2. The van der Waals surface area contributed by atoms with Gasteiger partial charge in [0.25, 0.3) is 0 Å². The van der Waals surface area contributed by atoms with Crippen molar-refractivity contribution in [3.8, 4) is 11.3 Å². The maximum absolute atomic E-state index is 13.3. The highest BCUT2D eigenvalue weighted by Crippen LogP contribution is 2.28. The molecule has 3 rings (SSSR count). The Bertz CT molecular complexity index is 941. The van der Waals surface area contributed by atoms with E-state index in [-0.39, 0.29) is 5.91 Å². The van der Waals surface area contributed by atoms with E-state index in [2.05, 4.69) is 29.4 Å². The van der Waals surface area contributed by atoms with Gasteiger partial charge in [-0.3, -0.25) is 4.79 Å². The highest BCUT2D eigenvalue weighted by Gasteiger charge is 2.17. The lowest BCUT2D eigenvalue weighted by Crippen LogP contribution is -2.22. The van der Waals surface area contributed by atoms with Gasteiger partial charge in [-0.1, -0.05) is 31.2 Å². The lowest BCUT2D eigenvalue weighted by molar-refractivity contribution is -0.115. The van der Waals surface area contributed by atoms with Gasteiger partial charge in [-0.15, -0.1) is 23.1 Å². The summed E-state index contributed by atoms with van der Waals surface area (Å²) in [6.45, 7) is 3.81. The second kappa shape index (κ2) is 8.63. The van der Waals surface area contributed by atoms with Gasteiger partial charge in [0.05, 0.1) is 10.9 Å². The van der Waals surface area contributed by atoms with E-state index in [1.165, 1.54) is 23.0 Å². The SMILES string of the molecule is CCc1ccc(-c2csc(NC(=O)[C@@H](C)Sc3ccc(F)c(F)c3)n2)cc1. The van der Waals surface area contributed by atoms with Gasteiger partial charge >= 0.3 is 0 Å². The van der Waals surface area contributed by atoms with Crippen LogP contribution < -0.4 is 5.32 Å². The molecular formula is C20H18F2N2OS2. The van der Waals surface area contributed by atoms with Crippen molar-refractivity contribution < 1.29 is 13.6 Å². The summed E-state index contributed by atoms with van der Waals surface area (Å²) in [7, 11) is 0. The first-order chi connectivity index (χ1) is 13.0. The summed E-state index contributed by atoms with van der Waals surface area (Å²) in [4.78, 5) is 17.3. The zero-order chi connectivity index (χ0) is 19.4. The Balaban J connectivity index is 1.63. The van der Waals surface area contributed by atoms with E-state index in [1.54, 1.807) is 6.92 Å². The van der Waals surface area contributed by atoms with Crippen LogP contribution in [0.1, 0.15) is 19.4 Å². The standard InChI is InChI=1S/C20H18F2N2OS2/c1-3-13-4-6-14(7-5-13)18-11-26-20(23-18)24-19(25)12(2)27-15-8-9-16(21)17(22)10-15/h4-12H,3H2,1-2H3,(H,23,24,25)/t12-/m1/s1. The molecule has 0 aliphatic rings. The van der Waals surface area contributed by atoms with Gasteiger partial charge < -0.3 is 5.32 Å². The minimum atomic E-state index is -0.925. The minimum absolute atomic E-state index is 0.244. The molecule has 0 radical (unpaired) electrons. The Kier molecular flexibility index (Phi) is 6.23. The number of thioether (sulfide) groups is 1. The fourth-order valence-corrected chi connectivity index (χ4v) is 4.00. The lowest BCUT2D eigenvalue weighted by atomic mass is 10.1. The third-order valence-electron chi connectivity index (χ3n) is 3.97. The molecule has 1 amide bonds. The molecule has 1 N–H and O–H groups in total. The van der Waals surface area contributed by atoms with Crippen molar-refractivity contribution in [3.63, 3.8) is 0 Å². The summed E-state index contributed by atoms with van der Waals surface area (Å²) >= 11 is 2.51. The lowest BCUT2D eigenvalue weighted by Gasteiger charge is -2.10. The van der Waals surface area contributed by atoms with E-state index in [9.17, 15) is 13.6 Å². The molecule has 0 saturated heterocycles. The molecule has 0 unspecified atom stereocenters. The van der Waals surface area contributed by atoms with E-state index in [4.69, 9.17) is 0 Å². The first-order valence-electron chi connectivity index (χ1n) is 8.43. The summed E-state index contributed by atoms with van der Waals surface area (Å²) in [5.41, 5.74) is 3.05. The average molecular weight is 405 g/mol. The highest BCUT2D eigenvalue weighted by atomic mass is 32.2. The maximum Gasteiger partial charge on any atom is 0.239 e. The normalized spacial score (nSPS) is 12.0. The van der Waals surface area contributed by atoms with Crippen molar-refractivity contribution in [1.82, 2.24) is 4.98 Å². The fraction of sp³-hybridized carbons (Fsp3) is 0.200. The van der Waals surface area contributed by atoms with Crippen LogP contribution >= 0.6 is 23.1 Å². The number of anilines is 1. The summed E-state index contributed by atoms with van der Waals surface area (Å²) in [6.07, 6.45) is 0.978. The number of aromatic nitrogens is 1. The topological polar surface area (TPSA) is 42.0 Å². The Labute approximate surface area is 164 Å². The number of nitrogens with one attached hydrogen (secondary N) is 1. The van der Waals surface area contributed by atoms with Gasteiger partial charge in [-0.2, -0.15) is 0 Å². The van der Waals surface area contributed by atoms with Crippen molar-refractivity contribution in [3.05, 3.63) is 65.0 Å². The van der Waals surface area contributed by atoms with Crippen molar-refractivity contribution in [2.45, 2.75) is 30.4 Å². The molecule has 140 valence electrons. The monoisotopic (exact) mass is 404 g/mol. The number of thiazole rings is 1. The van der Waals surface area contributed by atoms with E-state index in [0.717, 1.165) is 41.6 Å². The van der Waals surface area contributed by atoms with Crippen LogP contribution in [-0.2, 0) is 11.2 Å². The summed E-state index contributed by atoms with van der Waals surface area (Å²) < 4.78 is 26.3. The number of hydrogen-bond donors (Lipinski definition) is 1. The van der Waals surface area contributed by atoms with Crippen molar-refractivity contribution in [2.75, 3.05) is 5.32 Å². The quantitative estimate of drug-likeness (QED) is 0.530. The molecule has 0 fully saturated rings. The molecule has 0 bridgehead atoms. The molecule has 2 aromatic carbocycles. The number of hydrogen-bond acceptors (Lipinski definition) is 4. The third-order valence-corrected chi connectivity index (χ3v) is 5.82. The zero-order valence-corrected chi connectivity index (χ0v) is 16.5. The van der Waals surface area contributed by atoms with Crippen LogP contribution in [0, 0.1) is 11.6 Å². The van der Waals surface area contributed by atoms with E-state index >= 15 is 0 Å². The molecule has 0 spiro atoms. The van der Waals surface area contributed by atoms with Crippen LogP contribution in [0.5, 0.6) is 0 Å².